The molecule has 0 aromatic heterocycles. The average Bonchev–Trinajstić information content (AvgIpc) is 2.61. The zero-order chi connectivity index (χ0) is 19.1. The van der Waals surface area contributed by atoms with E-state index in [1.165, 1.54) is 6.08 Å². The zero-order valence-corrected chi connectivity index (χ0v) is 16.1. The Kier molecular flexibility index (Phi) is 7.35. The van der Waals surface area contributed by atoms with Crippen molar-refractivity contribution in [3.63, 3.8) is 0 Å². The number of nitrogens with one attached hydrogen (secondary N) is 1. The van der Waals surface area contributed by atoms with Crippen molar-refractivity contribution < 1.29 is 9.53 Å². The maximum Gasteiger partial charge on any atom is 0.266 e. The summed E-state index contributed by atoms with van der Waals surface area (Å²) in [7, 11) is 0. The first-order valence-electron chi connectivity index (χ1n) is 7.75. The Bertz CT molecular complexity index is 848. The van der Waals surface area contributed by atoms with Gasteiger partial charge in [0.05, 0.1) is 16.7 Å². The van der Waals surface area contributed by atoms with Gasteiger partial charge in [-0.1, -0.05) is 41.7 Å². The van der Waals surface area contributed by atoms with Gasteiger partial charge in [0.2, 0.25) is 0 Å². The molecule has 2 aromatic carbocycles. The van der Waals surface area contributed by atoms with Crippen molar-refractivity contribution in [1.29, 1.82) is 5.26 Å². The van der Waals surface area contributed by atoms with E-state index in [-0.39, 0.29) is 5.57 Å². The molecule has 2 aromatic rings. The van der Waals surface area contributed by atoms with E-state index in [0.29, 0.717) is 38.7 Å². The summed E-state index contributed by atoms with van der Waals surface area (Å²) >= 11 is 18.2. The van der Waals surface area contributed by atoms with E-state index in [0.717, 1.165) is 6.42 Å². The average molecular weight is 410 g/mol. The van der Waals surface area contributed by atoms with Gasteiger partial charge in [-0.15, -0.1) is 0 Å². The molecular formula is C19H15Cl3N2O2. The third-order valence-electron chi connectivity index (χ3n) is 3.25. The fraction of sp³-hybridized carbons (Fsp3) is 0.158. The van der Waals surface area contributed by atoms with Gasteiger partial charge in [0, 0.05) is 10.7 Å². The molecule has 4 nitrogen and oxygen atoms in total. The maximum atomic E-state index is 12.3. The van der Waals surface area contributed by atoms with Crippen LogP contribution in [0.1, 0.15) is 18.9 Å². The quantitative estimate of drug-likeness (QED) is 0.471. The van der Waals surface area contributed by atoms with Crippen molar-refractivity contribution >= 4 is 52.5 Å². The van der Waals surface area contributed by atoms with E-state index in [2.05, 4.69) is 5.32 Å². The number of carbonyl (C=O) groups excluding carboxylic acids is 1. The van der Waals surface area contributed by atoms with E-state index < -0.39 is 5.91 Å². The van der Waals surface area contributed by atoms with Gasteiger partial charge in [0.1, 0.15) is 11.6 Å². The Morgan fingerprint density at radius 3 is 2.35 bits per heavy atom. The molecule has 1 amide bonds. The van der Waals surface area contributed by atoms with Gasteiger partial charge in [-0.3, -0.25) is 4.79 Å². The Labute approximate surface area is 166 Å². The van der Waals surface area contributed by atoms with Crippen molar-refractivity contribution in [3.8, 4) is 11.8 Å². The molecule has 0 saturated heterocycles. The zero-order valence-electron chi connectivity index (χ0n) is 13.9. The van der Waals surface area contributed by atoms with Crippen LogP contribution in [0.25, 0.3) is 6.08 Å². The van der Waals surface area contributed by atoms with Gasteiger partial charge in [-0.2, -0.15) is 5.26 Å². The molecule has 134 valence electrons. The van der Waals surface area contributed by atoms with Crippen LogP contribution in [0, 0.1) is 11.3 Å². The molecule has 7 heteroatoms. The van der Waals surface area contributed by atoms with Gasteiger partial charge in [-0.05, 0) is 54.5 Å². The molecule has 0 atom stereocenters. The minimum atomic E-state index is -0.548. The summed E-state index contributed by atoms with van der Waals surface area (Å²) in [6.07, 6.45) is 2.23. The number of benzene rings is 2. The summed E-state index contributed by atoms with van der Waals surface area (Å²) in [5.74, 6) is -0.162. The number of hydrogen-bond acceptors (Lipinski definition) is 3. The maximum absolute atomic E-state index is 12.3. The number of rotatable bonds is 6. The highest BCUT2D eigenvalue weighted by atomic mass is 35.5. The number of amides is 1. The van der Waals surface area contributed by atoms with Gasteiger partial charge >= 0.3 is 0 Å². The van der Waals surface area contributed by atoms with Crippen molar-refractivity contribution in [3.05, 3.63) is 62.6 Å². The summed E-state index contributed by atoms with van der Waals surface area (Å²) in [5.41, 5.74) is 0.959. The van der Waals surface area contributed by atoms with Gasteiger partial charge in [0.15, 0.2) is 5.75 Å². The second-order valence-corrected chi connectivity index (χ2v) is 6.54. The van der Waals surface area contributed by atoms with Gasteiger partial charge in [0.25, 0.3) is 5.91 Å². The Morgan fingerprint density at radius 2 is 1.81 bits per heavy atom. The third kappa shape index (κ3) is 5.40. The van der Waals surface area contributed by atoms with Gasteiger partial charge in [-0.25, -0.2) is 0 Å². The first-order valence-corrected chi connectivity index (χ1v) is 8.88. The molecule has 0 heterocycles. The van der Waals surface area contributed by atoms with E-state index >= 15 is 0 Å². The Hall–Kier alpha value is -2.19. The van der Waals surface area contributed by atoms with Crippen LogP contribution in [0.4, 0.5) is 5.69 Å². The van der Waals surface area contributed by atoms with E-state index in [9.17, 15) is 10.1 Å². The van der Waals surface area contributed by atoms with E-state index in [1.54, 1.807) is 36.4 Å². The van der Waals surface area contributed by atoms with Crippen molar-refractivity contribution in [2.45, 2.75) is 13.3 Å². The summed E-state index contributed by atoms with van der Waals surface area (Å²) < 4.78 is 5.50. The summed E-state index contributed by atoms with van der Waals surface area (Å²) in [6.45, 7) is 2.46. The molecule has 0 aliphatic rings. The fourth-order valence-corrected chi connectivity index (χ4v) is 2.79. The van der Waals surface area contributed by atoms with Gasteiger partial charge < -0.3 is 10.1 Å². The van der Waals surface area contributed by atoms with Crippen LogP contribution >= 0.6 is 34.8 Å². The number of carbonyl (C=O) groups is 1. The highest BCUT2D eigenvalue weighted by Crippen LogP contribution is 2.35. The summed E-state index contributed by atoms with van der Waals surface area (Å²) in [4.78, 5) is 12.3. The number of hydrogen-bond donors (Lipinski definition) is 1. The van der Waals surface area contributed by atoms with Crippen LogP contribution in [0.5, 0.6) is 5.75 Å². The van der Waals surface area contributed by atoms with Crippen molar-refractivity contribution in [2.75, 3.05) is 11.9 Å². The lowest BCUT2D eigenvalue weighted by molar-refractivity contribution is -0.112. The first-order chi connectivity index (χ1) is 12.4. The number of nitriles is 1. The molecule has 0 radical (unpaired) electrons. The predicted molar refractivity (Wildman–Crippen MR) is 106 cm³/mol. The fourth-order valence-electron chi connectivity index (χ4n) is 2.05. The number of nitrogens with zero attached hydrogens (tertiary/aromatic N) is 1. The van der Waals surface area contributed by atoms with Crippen LogP contribution in [-0.2, 0) is 4.79 Å². The second kappa shape index (κ2) is 9.49. The normalized spacial score (nSPS) is 11.0. The summed E-state index contributed by atoms with van der Waals surface area (Å²) in [6, 6.07) is 11.6. The molecule has 1 N–H and O–H groups in total. The van der Waals surface area contributed by atoms with Crippen LogP contribution in [0.15, 0.2) is 42.0 Å². The first kappa shape index (κ1) is 20.1. The Morgan fingerprint density at radius 1 is 1.19 bits per heavy atom. The molecule has 0 aliphatic heterocycles. The standard InChI is InChI=1S/C19H15Cl3N2O2/c1-2-7-26-18-16(21)9-12(10-17(18)22)8-13(11-23)19(25)24-15-5-3-14(20)4-6-15/h3-6,8-10H,2,7H2,1H3,(H,24,25)/b13-8+. The molecule has 0 bridgehead atoms. The number of anilines is 1. The SMILES string of the molecule is CCCOc1c(Cl)cc(/C=C(\C#N)C(=O)Nc2ccc(Cl)cc2)cc1Cl. The smallest absolute Gasteiger partial charge is 0.266 e. The molecule has 0 saturated carbocycles. The molecule has 0 fully saturated rings. The molecule has 26 heavy (non-hydrogen) atoms. The second-order valence-electron chi connectivity index (χ2n) is 5.29. The topological polar surface area (TPSA) is 62.1 Å². The largest absolute Gasteiger partial charge is 0.490 e. The lowest BCUT2D eigenvalue weighted by Crippen LogP contribution is -2.13. The van der Waals surface area contributed by atoms with E-state index in [4.69, 9.17) is 39.5 Å². The minimum absolute atomic E-state index is 0.0886. The van der Waals surface area contributed by atoms with Crippen LogP contribution in [0.2, 0.25) is 15.1 Å². The van der Waals surface area contributed by atoms with E-state index in [1.807, 2.05) is 13.0 Å². The highest BCUT2D eigenvalue weighted by Gasteiger charge is 2.13. The lowest BCUT2D eigenvalue weighted by Gasteiger charge is -2.10. The number of ether oxygens (including phenoxy) is 1. The van der Waals surface area contributed by atoms with Crippen molar-refractivity contribution in [2.24, 2.45) is 0 Å². The lowest BCUT2D eigenvalue weighted by atomic mass is 10.1. The highest BCUT2D eigenvalue weighted by molar-refractivity contribution is 6.37. The molecule has 0 aliphatic carbocycles. The molecule has 2 rings (SSSR count). The predicted octanol–water partition coefficient (Wildman–Crippen LogP) is 5.98. The van der Waals surface area contributed by atoms with Crippen LogP contribution in [-0.4, -0.2) is 12.5 Å². The van der Waals surface area contributed by atoms with Crippen LogP contribution in [0.3, 0.4) is 0 Å². The number of halogens is 3. The van der Waals surface area contributed by atoms with Crippen molar-refractivity contribution in [1.82, 2.24) is 0 Å². The molecular weight excluding hydrogens is 395 g/mol. The van der Waals surface area contributed by atoms with Crippen LogP contribution < -0.4 is 10.1 Å². The summed E-state index contributed by atoms with van der Waals surface area (Å²) in [5, 5.41) is 13.1. The minimum Gasteiger partial charge on any atom is -0.490 e. The molecule has 0 unspecified atom stereocenters. The monoisotopic (exact) mass is 408 g/mol. The third-order valence-corrected chi connectivity index (χ3v) is 4.06. The molecule has 0 spiro atoms. The Balaban J connectivity index is 2.23.